The first kappa shape index (κ1) is 13.4. The number of urea groups is 1. The second-order valence-electron chi connectivity index (χ2n) is 2.79. The highest BCUT2D eigenvalue weighted by Gasteiger charge is 2.01. The second kappa shape index (κ2) is 8.96. The van der Waals surface area contributed by atoms with Crippen LogP contribution in [0.5, 0.6) is 0 Å². The quantitative estimate of drug-likeness (QED) is 0.589. The van der Waals surface area contributed by atoms with E-state index >= 15 is 0 Å². The molecular weight excluding hydrogens is 196 g/mol. The van der Waals surface area contributed by atoms with Crippen LogP contribution in [0.4, 0.5) is 4.79 Å². The maximum Gasteiger partial charge on any atom is 0.325 e. The lowest BCUT2D eigenvalue weighted by Gasteiger charge is -1.98. The summed E-state index contributed by atoms with van der Waals surface area (Å²) in [6, 6.07) is -0.700. The third-order valence-electron chi connectivity index (χ3n) is 1.54. The molecule has 0 unspecified atom stereocenters. The molecule has 0 aliphatic heterocycles. The van der Waals surface area contributed by atoms with Crippen molar-refractivity contribution in [1.82, 2.24) is 10.6 Å². The summed E-state index contributed by atoms with van der Waals surface area (Å²) >= 11 is 0. The van der Waals surface area contributed by atoms with Gasteiger partial charge in [-0.2, -0.15) is 0 Å². The SMILES string of the molecule is C1=CCCC1.C=CNC(=O)NC(=O)CO. The van der Waals surface area contributed by atoms with Gasteiger partial charge in [0, 0.05) is 0 Å². The minimum absolute atomic E-state index is 0.700. The van der Waals surface area contributed by atoms with E-state index < -0.39 is 18.5 Å². The number of aliphatic hydroxyl groups excluding tert-OH is 1. The standard InChI is InChI=1S/C5H8N2O3.C5H8/c1-2-6-5(10)7-4(9)3-8;1-2-4-5-3-1/h2,8H,1,3H2,(H2,6,7,9,10);1-2H,3-5H2. The number of rotatable bonds is 2. The Balaban J connectivity index is 0.000000322. The van der Waals surface area contributed by atoms with Crippen molar-refractivity contribution in [1.29, 1.82) is 0 Å². The molecule has 0 atom stereocenters. The number of allylic oxidation sites excluding steroid dienone is 2. The molecule has 0 aromatic carbocycles. The zero-order chi connectivity index (χ0) is 11.5. The number of aliphatic hydroxyl groups is 1. The van der Waals surface area contributed by atoms with E-state index in [2.05, 4.69) is 24.0 Å². The van der Waals surface area contributed by atoms with Gasteiger partial charge >= 0.3 is 6.03 Å². The Kier molecular flexibility index (Phi) is 7.99. The largest absolute Gasteiger partial charge is 0.387 e. The predicted molar refractivity (Wildman–Crippen MR) is 56.9 cm³/mol. The number of amides is 3. The van der Waals surface area contributed by atoms with Gasteiger partial charge in [0.05, 0.1) is 0 Å². The number of carbonyl (C=O) groups is 2. The number of carbonyl (C=O) groups excluding carboxylic acids is 2. The van der Waals surface area contributed by atoms with Crippen molar-refractivity contribution in [2.24, 2.45) is 0 Å². The highest BCUT2D eigenvalue weighted by Crippen LogP contribution is 2.05. The first-order valence-corrected chi connectivity index (χ1v) is 4.67. The summed E-state index contributed by atoms with van der Waals surface area (Å²) in [4.78, 5) is 20.6. The van der Waals surface area contributed by atoms with Crippen LogP contribution in [0.3, 0.4) is 0 Å². The van der Waals surface area contributed by atoms with E-state index in [4.69, 9.17) is 5.11 Å². The van der Waals surface area contributed by atoms with Crippen molar-refractivity contribution < 1.29 is 14.7 Å². The fraction of sp³-hybridized carbons (Fsp3) is 0.400. The van der Waals surface area contributed by atoms with Gasteiger partial charge < -0.3 is 10.4 Å². The lowest BCUT2D eigenvalue weighted by Crippen LogP contribution is -2.38. The van der Waals surface area contributed by atoms with Gasteiger partial charge in [-0.1, -0.05) is 18.7 Å². The molecule has 0 bridgehead atoms. The number of hydrogen-bond donors (Lipinski definition) is 3. The fourth-order valence-corrected chi connectivity index (χ4v) is 0.884. The van der Waals surface area contributed by atoms with Gasteiger partial charge in [-0.15, -0.1) is 0 Å². The number of hydrogen-bond acceptors (Lipinski definition) is 3. The average molecular weight is 212 g/mol. The Morgan fingerprint density at radius 1 is 1.40 bits per heavy atom. The van der Waals surface area contributed by atoms with Crippen LogP contribution in [0.1, 0.15) is 19.3 Å². The molecule has 3 N–H and O–H groups in total. The molecule has 0 aromatic rings. The van der Waals surface area contributed by atoms with E-state index in [0.717, 1.165) is 6.20 Å². The molecule has 0 fully saturated rings. The third-order valence-corrected chi connectivity index (χ3v) is 1.54. The number of nitrogens with one attached hydrogen (secondary N) is 2. The topological polar surface area (TPSA) is 78.4 Å². The van der Waals surface area contributed by atoms with Gasteiger partial charge in [0.25, 0.3) is 5.91 Å². The molecule has 0 saturated heterocycles. The third kappa shape index (κ3) is 8.70. The molecule has 0 aromatic heterocycles. The van der Waals surface area contributed by atoms with Gasteiger partial charge in [0.1, 0.15) is 6.61 Å². The Bertz CT molecular complexity index is 243. The predicted octanol–water partition coefficient (Wildman–Crippen LogP) is 0.675. The van der Waals surface area contributed by atoms with Gasteiger partial charge in [0.2, 0.25) is 0 Å². The molecule has 5 nitrogen and oxygen atoms in total. The molecule has 1 aliphatic rings. The lowest BCUT2D eigenvalue weighted by molar-refractivity contribution is -0.122. The average Bonchev–Trinajstić information content (AvgIpc) is 2.75. The van der Waals surface area contributed by atoms with Crippen molar-refractivity contribution in [2.75, 3.05) is 6.61 Å². The Morgan fingerprint density at radius 2 is 2.00 bits per heavy atom. The smallest absolute Gasteiger partial charge is 0.325 e. The van der Waals surface area contributed by atoms with E-state index in [0.29, 0.717) is 0 Å². The summed E-state index contributed by atoms with van der Waals surface area (Å²) in [7, 11) is 0. The molecular formula is C10H16N2O3. The molecule has 5 heteroatoms. The van der Waals surface area contributed by atoms with Crippen molar-refractivity contribution in [3.8, 4) is 0 Å². The summed E-state index contributed by atoms with van der Waals surface area (Å²) in [5.74, 6) is -0.751. The summed E-state index contributed by atoms with van der Waals surface area (Å²) in [5.41, 5.74) is 0. The van der Waals surface area contributed by atoms with Gasteiger partial charge in [0.15, 0.2) is 0 Å². The molecule has 1 rings (SSSR count). The van der Waals surface area contributed by atoms with E-state index in [9.17, 15) is 9.59 Å². The van der Waals surface area contributed by atoms with Crippen LogP contribution in [-0.4, -0.2) is 23.7 Å². The van der Waals surface area contributed by atoms with Crippen LogP contribution in [0.25, 0.3) is 0 Å². The minimum atomic E-state index is -0.751. The maximum atomic E-state index is 10.4. The summed E-state index contributed by atoms with van der Waals surface area (Å²) in [5, 5.41) is 12.0. The Morgan fingerprint density at radius 3 is 2.33 bits per heavy atom. The summed E-state index contributed by atoms with van der Waals surface area (Å²) in [6.07, 6.45) is 9.62. The highest BCUT2D eigenvalue weighted by molar-refractivity contribution is 5.95. The van der Waals surface area contributed by atoms with Crippen LogP contribution < -0.4 is 10.6 Å². The van der Waals surface area contributed by atoms with Crippen LogP contribution in [0, 0.1) is 0 Å². The molecule has 0 radical (unpaired) electrons. The first-order valence-electron chi connectivity index (χ1n) is 4.67. The van der Waals surface area contributed by atoms with Gasteiger partial charge in [-0.25, -0.2) is 4.79 Å². The van der Waals surface area contributed by atoms with Crippen LogP contribution in [0.2, 0.25) is 0 Å². The van der Waals surface area contributed by atoms with Gasteiger partial charge in [-0.05, 0) is 25.5 Å². The molecule has 1 aliphatic carbocycles. The first-order chi connectivity index (χ1) is 7.20. The van der Waals surface area contributed by atoms with Crippen LogP contribution in [0.15, 0.2) is 24.9 Å². The Labute approximate surface area is 88.9 Å². The van der Waals surface area contributed by atoms with Crippen molar-refractivity contribution in [3.05, 3.63) is 24.9 Å². The van der Waals surface area contributed by atoms with Crippen LogP contribution >= 0.6 is 0 Å². The molecule has 0 heterocycles. The Hall–Kier alpha value is -1.62. The summed E-state index contributed by atoms with van der Waals surface area (Å²) < 4.78 is 0. The maximum absolute atomic E-state index is 10.4. The van der Waals surface area contributed by atoms with Gasteiger partial charge in [-0.3, -0.25) is 10.1 Å². The molecule has 0 saturated carbocycles. The number of imide groups is 1. The lowest BCUT2D eigenvalue weighted by atomic mass is 10.4. The van der Waals surface area contributed by atoms with Crippen molar-refractivity contribution in [2.45, 2.75) is 19.3 Å². The van der Waals surface area contributed by atoms with E-state index in [1.165, 1.54) is 19.3 Å². The van der Waals surface area contributed by atoms with E-state index in [1.807, 2.05) is 5.32 Å². The normalized spacial score (nSPS) is 12.3. The second-order valence-corrected chi connectivity index (χ2v) is 2.79. The minimum Gasteiger partial charge on any atom is -0.387 e. The molecule has 3 amide bonds. The van der Waals surface area contributed by atoms with Crippen molar-refractivity contribution >= 4 is 11.9 Å². The molecule has 15 heavy (non-hydrogen) atoms. The fourth-order valence-electron chi connectivity index (χ4n) is 0.884. The van der Waals surface area contributed by atoms with E-state index in [-0.39, 0.29) is 0 Å². The molecule has 0 spiro atoms. The van der Waals surface area contributed by atoms with Crippen molar-refractivity contribution in [3.63, 3.8) is 0 Å². The monoisotopic (exact) mass is 212 g/mol. The summed E-state index contributed by atoms with van der Waals surface area (Å²) in [6.45, 7) is 2.48. The highest BCUT2D eigenvalue weighted by atomic mass is 16.3. The van der Waals surface area contributed by atoms with Crippen LogP contribution in [-0.2, 0) is 4.79 Å². The van der Waals surface area contributed by atoms with E-state index in [1.54, 1.807) is 0 Å². The zero-order valence-corrected chi connectivity index (χ0v) is 8.53. The molecule has 84 valence electrons. The zero-order valence-electron chi connectivity index (χ0n) is 8.53.